The molecule has 17 heavy (non-hydrogen) atoms. The van der Waals surface area contributed by atoms with E-state index in [-0.39, 0.29) is 19.1 Å². The molecular formula is C11H19F2NO3. The Hall–Kier alpha value is -0.750. The Morgan fingerprint density at radius 1 is 1.47 bits per heavy atom. The smallest absolute Gasteiger partial charge is 0.290 e. The highest BCUT2D eigenvalue weighted by molar-refractivity contribution is 5.80. The van der Waals surface area contributed by atoms with Gasteiger partial charge in [0.25, 0.3) is 11.8 Å². The van der Waals surface area contributed by atoms with Crippen LogP contribution in [0, 0.1) is 0 Å². The molecule has 1 N–H and O–H groups in total. The molecule has 1 heterocycles. The molecule has 0 aromatic heterocycles. The van der Waals surface area contributed by atoms with Crippen LogP contribution in [0.25, 0.3) is 0 Å². The normalized spacial score (nSPS) is 26.1. The van der Waals surface area contributed by atoms with Crippen LogP contribution < -0.4 is 0 Å². The van der Waals surface area contributed by atoms with Gasteiger partial charge in [0, 0.05) is 6.54 Å². The lowest BCUT2D eigenvalue weighted by atomic mass is 10.0. The highest BCUT2D eigenvalue weighted by Crippen LogP contribution is 2.30. The molecule has 4 nitrogen and oxygen atoms in total. The number of likely N-dealkylation sites (tertiary alicyclic amines) is 1. The summed E-state index contributed by atoms with van der Waals surface area (Å²) < 4.78 is 32.5. The number of rotatable bonds is 3. The number of ether oxygens (including phenoxy) is 1. The zero-order valence-electron chi connectivity index (χ0n) is 10.3. The zero-order valence-corrected chi connectivity index (χ0v) is 10.3. The first-order valence-corrected chi connectivity index (χ1v) is 5.74. The van der Waals surface area contributed by atoms with Gasteiger partial charge in [0.05, 0.1) is 12.6 Å². The van der Waals surface area contributed by atoms with E-state index in [0.29, 0.717) is 0 Å². The number of aliphatic hydroxyl groups excluding tert-OH is 1. The van der Waals surface area contributed by atoms with Crippen LogP contribution in [-0.2, 0) is 9.53 Å². The molecule has 1 rings (SSSR count). The van der Waals surface area contributed by atoms with Crippen LogP contribution >= 0.6 is 0 Å². The van der Waals surface area contributed by atoms with Crippen molar-refractivity contribution in [2.45, 2.75) is 51.4 Å². The van der Waals surface area contributed by atoms with Crippen molar-refractivity contribution in [1.29, 1.82) is 0 Å². The lowest BCUT2D eigenvalue weighted by Gasteiger charge is -2.39. The van der Waals surface area contributed by atoms with Crippen molar-refractivity contribution in [1.82, 2.24) is 4.90 Å². The summed E-state index contributed by atoms with van der Waals surface area (Å²) in [6.07, 6.45) is -2.58. The summed E-state index contributed by atoms with van der Waals surface area (Å²) in [5.41, 5.74) is 0. The van der Waals surface area contributed by atoms with E-state index in [1.54, 1.807) is 13.8 Å². The number of amides is 1. The summed E-state index contributed by atoms with van der Waals surface area (Å²) in [4.78, 5) is 12.4. The molecule has 0 radical (unpaired) electrons. The largest absolute Gasteiger partial charge is 0.384 e. The summed E-state index contributed by atoms with van der Waals surface area (Å²) in [5, 5.41) is 9.09. The van der Waals surface area contributed by atoms with E-state index < -0.39 is 30.6 Å². The summed E-state index contributed by atoms with van der Waals surface area (Å²) in [6, 6.07) is 0. The van der Waals surface area contributed by atoms with Gasteiger partial charge in [-0.1, -0.05) is 0 Å². The third kappa shape index (κ3) is 3.61. The van der Waals surface area contributed by atoms with Gasteiger partial charge in [-0.3, -0.25) is 4.79 Å². The number of hydrogen-bond donors (Lipinski definition) is 1. The number of carbonyl (C=O) groups excluding carboxylic acids is 1. The number of alkyl halides is 2. The van der Waals surface area contributed by atoms with Crippen LogP contribution in [0.2, 0.25) is 0 Å². The lowest BCUT2D eigenvalue weighted by molar-refractivity contribution is -0.191. The first-order valence-electron chi connectivity index (χ1n) is 5.74. The predicted octanol–water partition coefficient (Wildman–Crippen LogP) is 1.03. The monoisotopic (exact) mass is 251 g/mol. The van der Waals surface area contributed by atoms with Gasteiger partial charge in [-0.2, -0.15) is 0 Å². The SMILES string of the molecule is CC(C)O[C@H]1CCN(C(=O)[C@@H](C)O)CC1(F)F. The van der Waals surface area contributed by atoms with Crippen molar-refractivity contribution in [3.05, 3.63) is 0 Å². The van der Waals surface area contributed by atoms with E-state index in [9.17, 15) is 13.6 Å². The maximum atomic E-state index is 13.7. The molecule has 0 aromatic carbocycles. The van der Waals surface area contributed by atoms with Gasteiger partial charge in [0.15, 0.2) is 0 Å². The fourth-order valence-corrected chi connectivity index (χ4v) is 1.87. The Morgan fingerprint density at radius 2 is 2.06 bits per heavy atom. The number of aliphatic hydroxyl groups is 1. The molecule has 1 aliphatic heterocycles. The Morgan fingerprint density at radius 3 is 2.47 bits per heavy atom. The third-order valence-corrected chi connectivity index (χ3v) is 2.64. The molecule has 2 atom stereocenters. The Kier molecular flexibility index (Phi) is 4.43. The maximum absolute atomic E-state index is 13.7. The Bertz CT molecular complexity index is 282. The average Bonchev–Trinajstić information content (AvgIpc) is 2.18. The van der Waals surface area contributed by atoms with E-state index in [1.807, 2.05) is 0 Å². The Labute approximate surface area is 99.5 Å². The van der Waals surface area contributed by atoms with Gasteiger partial charge < -0.3 is 14.7 Å². The van der Waals surface area contributed by atoms with Gasteiger partial charge in [0.1, 0.15) is 12.2 Å². The molecular weight excluding hydrogens is 232 g/mol. The summed E-state index contributed by atoms with van der Waals surface area (Å²) in [7, 11) is 0. The van der Waals surface area contributed by atoms with Gasteiger partial charge in [-0.05, 0) is 27.2 Å². The molecule has 6 heteroatoms. The molecule has 0 bridgehead atoms. The second-order valence-corrected chi connectivity index (χ2v) is 4.66. The van der Waals surface area contributed by atoms with Gasteiger partial charge >= 0.3 is 0 Å². The highest BCUT2D eigenvalue weighted by atomic mass is 19.3. The topological polar surface area (TPSA) is 49.8 Å². The van der Waals surface area contributed by atoms with Crippen molar-refractivity contribution >= 4 is 5.91 Å². The van der Waals surface area contributed by atoms with Crippen LogP contribution in [0.5, 0.6) is 0 Å². The van der Waals surface area contributed by atoms with Crippen LogP contribution in [-0.4, -0.2) is 53.2 Å². The standard InChI is InChI=1S/C11H19F2NO3/c1-7(2)17-9-4-5-14(6-11(9,12)13)10(16)8(3)15/h7-9,15H,4-6H2,1-3H3/t8-,9+/m1/s1. The highest BCUT2D eigenvalue weighted by Gasteiger charge is 2.47. The van der Waals surface area contributed by atoms with E-state index in [0.717, 1.165) is 4.90 Å². The quantitative estimate of drug-likeness (QED) is 0.815. The molecule has 1 amide bonds. The minimum absolute atomic E-state index is 0.0869. The molecule has 1 saturated heterocycles. The van der Waals surface area contributed by atoms with Gasteiger partial charge in [-0.25, -0.2) is 8.78 Å². The number of piperidine rings is 1. The second-order valence-electron chi connectivity index (χ2n) is 4.66. The van der Waals surface area contributed by atoms with Gasteiger partial charge in [0.2, 0.25) is 0 Å². The minimum atomic E-state index is -3.06. The molecule has 1 fully saturated rings. The van der Waals surface area contributed by atoms with E-state index in [1.165, 1.54) is 6.92 Å². The summed E-state index contributed by atoms with van der Waals surface area (Å²) >= 11 is 0. The first-order chi connectivity index (χ1) is 7.74. The molecule has 0 aromatic rings. The van der Waals surface area contributed by atoms with Crippen molar-refractivity contribution in [3.8, 4) is 0 Å². The third-order valence-electron chi connectivity index (χ3n) is 2.64. The Balaban J connectivity index is 2.65. The van der Waals surface area contributed by atoms with Crippen LogP contribution in [0.4, 0.5) is 8.78 Å². The predicted molar refractivity (Wildman–Crippen MR) is 57.8 cm³/mol. The molecule has 0 unspecified atom stereocenters. The van der Waals surface area contributed by atoms with E-state index >= 15 is 0 Å². The number of halogens is 2. The molecule has 1 aliphatic rings. The van der Waals surface area contributed by atoms with E-state index in [2.05, 4.69) is 0 Å². The van der Waals surface area contributed by atoms with Crippen molar-refractivity contribution in [3.63, 3.8) is 0 Å². The van der Waals surface area contributed by atoms with Crippen LogP contribution in [0.15, 0.2) is 0 Å². The van der Waals surface area contributed by atoms with Crippen molar-refractivity contribution in [2.75, 3.05) is 13.1 Å². The molecule has 0 saturated carbocycles. The number of nitrogens with zero attached hydrogens (tertiary/aromatic N) is 1. The summed E-state index contributed by atoms with van der Waals surface area (Å²) in [5.74, 6) is -3.72. The lowest BCUT2D eigenvalue weighted by Crippen LogP contribution is -2.56. The van der Waals surface area contributed by atoms with Crippen LogP contribution in [0.3, 0.4) is 0 Å². The fraction of sp³-hybridized carbons (Fsp3) is 0.909. The average molecular weight is 251 g/mol. The summed E-state index contributed by atoms with van der Waals surface area (Å²) in [6.45, 7) is 4.18. The second kappa shape index (κ2) is 5.27. The zero-order chi connectivity index (χ0) is 13.2. The maximum Gasteiger partial charge on any atom is 0.290 e. The van der Waals surface area contributed by atoms with E-state index in [4.69, 9.17) is 9.84 Å². The van der Waals surface area contributed by atoms with Crippen LogP contribution in [0.1, 0.15) is 27.2 Å². The fourth-order valence-electron chi connectivity index (χ4n) is 1.87. The molecule has 0 aliphatic carbocycles. The minimum Gasteiger partial charge on any atom is -0.384 e. The molecule has 100 valence electrons. The number of carbonyl (C=O) groups is 1. The number of hydrogen-bond acceptors (Lipinski definition) is 3. The van der Waals surface area contributed by atoms with Crippen molar-refractivity contribution < 1.29 is 23.4 Å². The molecule has 0 spiro atoms. The first kappa shape index (κ1) is 14.3. The van der Waals surface area contributed by atoms with Gasteiger partial charge in [-0.15, -0.1) is 0 Å². The van der Waals surface area contributed by atoms with Crippen molar-refractivity contribution in [2.24, 2.45) is 0 Å².